The SMILES string of the molecule is COC1CC(NC(C)c2ccccc2C(F)(F)F)C1. The topological polar surface area (TPSA) is 21.3 Å². The Balaban J connectivity index is 2.05. The molecular weight excluding hydrogens is 255 g/mol. The third-order valence-corrected chi connectivity index (χ3v) is 3.65. The molecule has 1 N–H and O–H groups in total. The van der Waals surface area contributed by atoms with Crippen LogP contribution in [-0.2, 0) is 10.9 Å². The Kier molecular flexibility index (Phi) is 4.16. The lowest BCUT2D eigenvalue weighted by Crippen LogP contribution is -2.46. The Labute approximate surface area is 111 Å². The number of methoxy groups -OCH3 is 1. The average Bonchev–Trinajstić information content (AvgIpc) is 2.32. The lowest BCUT2D eigenvalue weighted by molar-refractivity contribution is -0.138. The Morgan fingerprint density at radius 3 is 2.47 bits per heavy atom. The van der Waals surface area contributed by atoms with Gasteiger partial charge in [-0.2, -0.15) is 13.2 Å². The van der Waals surface area contributed by atoms with Crippen LogP contribution in [0, 0.1) is 0 Å². The molecule has 0 spiro atoms. The van der Waals surface area contributed by atoms with E-state index < -0.39 is 11.7 Å². The zero-order valence-electron chi connectivity index (χ0n) is 11.0. The Bertz CT molecular complexity index is 427. The van der Waals surface area contributed by atoms with Gasteiger partial charge in [-0.15, -0.1) is 0 Å². The minimum Gasteiger partial charge on any atom is -0.381 e. The van der Waals surface area contributed by atoms with Gasteiger partial charge in [0.2, 0.25) is 0 Å². The van der Waals surface area contributed by atoms with E-state index in [0.717, 1.165) is 18.9 Å². The maximum Gasteiger partial charge on any atom is 0.416 e. The molecule has 1 aromatic carbocycles. The fourth-order valence-electron chi connectivity index (χ4n) is 2.47. The maximum absolute atomic E-state index is 12.9. The number of benzene rings is 1. The van der Waals surface area contributed by atoms with Crippen molar-refractivity contribution in [3.8, 4) is 0 Å². The van der Waals surface area contributed by atoms with Gasteiger partial charge in [0, 0.05) is 19.2 Å². The number of hydrogen-bond acceptors (Lipinski definition) is 2. The molecule has 0 aromatic heterocycles. The van der Waals surface area contributed by atoms with Gasteiger partial charge in [0.15, 0.2) is 0 Å². The Hall–Kier alpha value is -1.07. The predicted molar refractivity (Wildman–Crippen MR) is 66.8 cm³/mol. The van der Waals surface area contributed by atoms with Crippen molar-refractivity contribution < 1.29 is 17.9 Å². The summed E-state index contributed by atoms with van der Waals surface area (Å²) in [5, 5.41) is 3.23. The first-order chi connectivity index (χ1) is 8.91. The molecule has 5 heteroatoms. The van der Waals surface area contributed by atoms with Gasteiger partial charge in [-0.3, -0.25) is 0 Å². The zero-order chi connectivity index (χ0) is 14.0. The molecule has 1 aliphatic carbocycles. The van der Waals surface area contributed by atoms with E-state index in [4.69, 9.17) is 4.74 Å². The summed E-state index contributed by atoms with van der Waals surface area (Å²) in [6.45, 7) is 1.77. The van der Waals surface area contributed by atoms with E-state index in [0.29, 0.717) is 5.56 Å². The Morgan fingerprint density at radius 2 is 1.89 bits per heavy atom. The van der Waals surface area contributed by atoms with Crippen LogP contribution in [-0.4, -0.2) is 19.3 Å². The summed E-state index contributed by atoms with van der Waals surface area (Å²) in [6.07, 6.45) is -2.35. The summed E-state index contributed by atoms with van der Waals surface area (Å²) in [6, 6.07) is 5.64. The second-order valence-corrected chi connectivity index (χ2v) is 5.00. The molecule has 106 valence electrons. The fourth-order valence-corrected chi connectivity index (χ4v) is 2.47. The summed E-state index contributed by atoms with van der Waals surface area (Å²) in [7, 11) is 1.66. The van der Waals surface area contributed by atoms with E-state index in [1.807, 2.05) is 0 Å². The molecular formula is C14H18F3NO. The molecule has 0 amide bonds. The van der Waals surface area contributed by atoms with Gasteiger partial charge < -0.3 is 10.1 Å². The lowest BCUT2D eigenvalue weighted by atomic mass is 9.88. The zero-order valence-corrected chi connectivity index (χ0v) is 11.0. The van der Waals surface area contributed by atoms with Crippen molar-refractivity contribution in [1.29, 1.82) is 0 Å². The molecule has 0 aliphatic heterocycles. The molecule has 1 unspecified atom stereocenters. The van der Waals surface area contributed by atoms with Gasteiger partial charge in [-0.25, -0.2) is 0 Å². The van der Waals surface area contributed by atoms with Crippen LogP contribution < -0.4 is 5.32 Å². The highest BCUT2D eigenvalue weighted by Gasteiger charge is 2.35. The Morgan fingerprint density at radius 1 is 1.26 bits per heavy atom. The van der Waals surface area contributed by atoms with Crippen molar-refractivity contribution in [3.63, 3.8) is 0 Å². The van der Waals surface area contributed by atoms with Crippen LogP contribution in [0.5, 0.6) is 0 Å². The molecule has 0 saturated heterocycles. The van der Waals surface area contributed by atoms with Crippen molar-refractivity contribution >= 4 is 0 Å². The number of hydrogen-bond donors (Lipinski definition) is 1. The smallest absolute Gasteiger partial charge is 0.381 e. The van der Waals surface area contributed by atoms with E-state index in [2.05, 4.69) is 5.32 Å². The summed E-state index contributed by atoms with van der Waals surface area (Å²) in [5.41, 5.74) is -0.256. The summed E-state index contributed by atoms with van der Waals surface area (Å²) < 4.78 is 43.9. The van der Waals surface area contributed by atoms with Crippen molar-refractivity contribution in [2.45, 2.75) is 44.1 Å². The first-order valence-corrected chi connectivity index (χ1v) is 6.36. The molecule has 1 fully saturated rings. The average molecular weight is 273 g/mol. The van der Waals surface area contributed by atoms with Gasteiger partial charge in [0.1, 0.15) is 0 Å². The predicted octanol–water partition coefficient (Wildman–Crippen LogP) is 3.53. The first kappa shape index (κ1) is 14.3. The number of halogens is 3. The molecule has 1 atom stereocenters. The van der Waals surface area contributed by atoms with E-state index in [1.165, 1.54) is 12.1 Å². The van der Waals surface area contributed by atoms with Crippen LogP contribution in [0.15, 0.2) is 24.3 Å². The fraction of sp³-hybridized carbons (Fsp3) is 0.571. The van der Waals surface area contributed by atoms with Gasteiger partial charge in [0.05, 0.1) is 11.7 Å². The van der Waals surface area contributed by atoms with Crippen molar-refractivity contribution in [3.05, 3.63) is 35.4 Å². The molecule has 0 heterocycles. The first-order valence-electron chi connectivity index (χ1n) is 6.36. The summed E-state index contributed by atoms with van der Waals surface area (Å²) >= 11 is 0. The second kappa shape index (κ2) is 5.51. The van der Waals surface area contributed by atoms with E-state index in [-0.39, 0.29) is 18.2 Å². The second-order valence-electron chi connectivity index (χ2n) is 5.00. The van der Waals surface area contributed by atoms with Crippen LogP contribution in [0.3, 0.4) is 0 Å². The minimum absolute atomic E-state index is 0.237. The molecule has 0 bridgehead atoms. The highest BCUT2D eigenvalue weighted by molar-refractivity contribution is 5.32. The van der Waals surface area contributed by atoms with Crippen LogP contribution in [0.4, 0.5) is 13.2 Å². The number of alkyl halides is 3. The van der Waals surface area contributed by atoms with Crippen LogP contribution >= 0.6 is 0 Å². The number of ether oxygens (including phenoxy) is 1. The molecule has 2 rings (SSSR count). The van der Waals surface area contributed by atoms with E-state index in [1.54, 1.807) is 20.1 Å². The molecule has 1 aromatic rings. The van der Waals surface area contributed by atoms with Gasteiger partial charge >= 0.3 is 6.18 Å². The monoisotopic (exact) mass is 273 g/mol. The van der Waals surface area contributed by atoms with Gasteiger partial charge in [0.25, 0.3) is 0 Å². The van der Waals surface area contributed by atoms with Crippen molar-refractivity contribution in [1.82, 2.24) is 5.32 Å². The molecule has 0 radical (unpaired) electrons. The third kappa shape index (κ3) is 3.28. The van der Waals surface area contributed by atoms with Crippen molar-refractivity contribution in [2.24, 2.45) is 0 Å². The quantitative estimate of drug-likeness (QED) is 0.906. The summed E-state index contributed by atoms with van der Waals surface area (Å²) in [5.74, 6) is 0. The largest absolute Gasteiger partial charge is 0.416 e. The van der Waals surface area contributed by atoms with Crippen molar-refractivity contribution in [2.75, 3.05) is 7.11 Å². The van der Waals surface area contributed by atoms with E-state index >= 15 is 0 Å². The van der Waals surface area contributed by atoms with E-state index in [9.17, 15) is 13.2 Å². The normalized spacial score (nSPS) is 24.9. The van der Waals surface area contributed by atoms with Crippen LogP contribution in [0.1, 0.15) is 36.9 Å². The number of nitrogens with one attached hydrogen (secondary N) is 1. The lowest BCUT2D eigenvalue weighted by Gasteiger charge is -2.37. The minimum atomic E-state index is -4.30. The summed E-state index contributed by atoms with van der Waals surface area (Å²) in [4.78, 5) is 0. The van der Waals surface area contributed by atoms with Crippen LogP contribution in [0.2, 0.25) is 0 Å². The maximum atomic E-state index is 12.9. The highest BCUT2D eigenvalue weighted by atomic mass is 19.4. The van der Waals surface area contributed by atoms with Crippen LogP contribution in [0.25, 0.3) is 0 Å². The molecule has 1 aliphatic rings. The molecule has 2 nitrogen and oxygen atoms in total. The molecule has 1 saturated carbocycles. The van der Waals surface area contributed by atoms with Gasteiger partial charge in [-0.1, -0.05) is 18.2 Å². The number of rotatable bonds is 4. The third-order valence-electron chi connectivity index (χ3n) is 3.65. The molecule has 19 heavy (non-hydrogen) atoms. The highest BCUT2D eigenvalue weighted by Crippen LogP contribution is 2.35. The van der Waals surface area contributed by atoms with Gasteiger partial charge in [-0.05, 0) is 31.4 Å². The standard InChI is InChI=1S/C14H18F3NO/c1-9(18-10-7-11(8-10)19-2)12-5-3-4-6-13(12)14(15,16)17/h3-6,9-11,18H,7-8H2,1-2H3.